The number of alkyl carbamates (subject to hydrolysis) is 2. The molecule has 0 saturated carbocycles. The Kier molecular flexibility index (Phi) is 15.7. The number of likely N-dealkylation sites (tertiary alicyclic amines) is 1. The number of H-pyrrole nitrogens is 2. The first-order valence-corrected chi connectivity index (χ1v) is 21.1. The van der Waals surface area contributed by atoms with Crippen molar-refractivity contribution in [1.29, 1.82) is 0 Å². The molecule has 0 radical (unpaired) electrons. The number of hydrogen-bond acceptors (Lipinski definition) is 10. The Labute approximate surface area is 351 Å². The number of carbonyl (C=O) groups excluding carboxylic acids is 4. The van der Waals surface area contributed by atoms with Crippen LogP contribution in [-0.2, 0) is 23.8 Å². The predicted molar refractivity (Wildman–Crippen MR) is 227 cm³/mol. The highest BCUT2D eigenvalue weighted by Crippen LogP contribution is 2.33. The lowest BCUT2D eigenvalue weighted by Gasteiger charge is -2.29. The van der Waals surface area contributed by atoms with Crippen molar-refractivity contribution >= 4 is 24.0 Å². The maximum atomic E-state index is 13.9. The van der Waals surface area contributed by atoms with Gasteiger partial charge in [0.1, 0.15) is 23.7 Å². The second kappa shape index (κ2) is 21.5. The molecule has 2 aromatic carbocycles. The summed E-state index contributed by atoms with van der Waals surface area (Å²) in [5, 5.41) is 8.50. The van der Waals surface area contributed by atoms with Crippen molar-refractivity contribution in [2.24, 2.45) is 0 Å². The van der Waals surface area contributed by atoms with Crippen LogP contribution in [0.5, 0.6) is 0 Å². The molecule has 2 aliphatic heterocycles. The molecular weight excluding hydrogens is 767 g/mol. The summed E-state index contributed by atoms with van der Waals surface area (Å²) in [5.74, 6) is 0.909. The number of nitrogens with one attached hydrogen (secondary N) is 5. The molecule has 60 heavy (non-hydrogen) atoms. The first-order valence-electron chi connectivity index (χ1n) is 21.1. The highest BCUT2D eigenvalue weighted by atomic mass is 16.5. The second-order valence-corrected chi connectivity index (χ2v) is 15.2. The van der Waals surface area contributed by atoms with Crippen LogP contribution in [0.4, 0.5) is 9.59 Å². The standard InChI is InChI=1S/C44H59N9O7/c1-5-52(6-2)24-21-35(51-44(57)59-4)42(55)53-23-10-12-38(53)40-46-28-37(48-40)32-19-15-30(16-20-32)29-13-17-31(18-14-29)36-27-45-39(47-36)33-22-26-60-25-9-7-8-11-34(41(54)49-33)50-43(56)58-3/h13-20,27-28,33-35,38H,5-12,21-26H2,1-4H3,(H,45,47)(H,46,48)(H,49,54)(H,50,56)(H,51,57)/t33-,34-,35+,38-/m0/s1. The van der Waals surface area contributed by atoms with Crippen LogP contribution in [-0.4, -0.2) is 119 Å². The molecule has 2 fully saturated rings. The number of ether oxygens (including phenoxy) is 3. The van der Waals surface area contributed by atoms with E-state index in [1.54, 1.807) is 6.20 Å². The Bertz CT molecular complexity index is 2010. The monoisotopic (exact) mass is 825 g/mol. The SMILES string of the molecule is CCN(CC)CC[C@@H](NC(=O)OC)C(=O)N1CCC[C@H]1c1ncc(-c2ccc(-c3ccc(-c4cnc([C@@H]5CCOCCCCC[C@H](NC(=O)OC)C(=O)N5)[nH]4)cc3)cc2)[nH]1. The number of aromatic nitrogens is 4. The minimum absolute atomic E-state index is 0.129. The van der Waals surface area contributed by atoms with Crippen LogP contribution in [0.15, 0.2) is 60.9 Å². The molecular formula is C44H59N9O7. The van der Waals surface area contributed by atoms with Crippen molar-refractivity contribution in [1.82, 2.24) is 45.7 Å². The fraction of sp³-hybridized carbons (Fsp3) is 0.500. The van der Waals surface area contributed by atoms with Crippen LogP contribution in [0.25, 0.3) is 33.6 Å². The predicted octanol–water partition coefficient (Wildman–Crippen LogP) is 6.12. The van der Waals surface area contributed by atoms with Crippen molar-refractivity contribution < 1.29 is 33.4 Å². The number of amides is 4. The average molecular weight is 826 g/mol. The molecule has 6 rings (SSSR count). The van der Waals surface area contributed by atoms with Crippen LogP contribution in [0.3, 0.4) is 0 Å². The van der Waals surface area contributed by atoms with Gasteiger partial charge in [-0.15, -0.1) is 0 Å². The summed E-state index contributed by atoms with van der Waals surface area (Å²) in [4.78, 5) is 71.6. The van der Waals surface area contributed by atoms with Crippen LogP contribution < -0.4 is 16.0 Å². The van der Waals surface area contributed by atoms with E-state index in [-0.39, 0.29) is 17.9 Å². The van der Waals surface area contributed by atoms with E-state index in [1.165, 1.54) is 14.2 Å². The molecule has 4 atom stereocenters. The Morgan fingerprint density at radius 1 is 0.800 bits per heavy atom. The number of benzene rings is 2. The van der Waals surface area contributed by atoms with Crippen molar-refractivity contribution in [3.05, 3.63) is 72.6 Å². The maximum absolute atomic E-state index is 13.9. The third-order valence-corrected chi connectivity index (χ3v) is 11.4. The number of imidazole rings is 2. The van der Waals surface area contributed by atoms with E-state index in [1.807, 2.05) is 23.2 Å². The van der Waals surface area contributed by atoms with E-state index in [0.717, 1.165) is 84.7 Å². The summed E-state index contributed by atoms with van der Waals surface area (Å²) in [6.07, 6.45) is 7.99. The second-order valence-electron chi connectivity index (χ2n) is 15.2. The maximum Gasteiger partial charge on any atom is 0.407 e. The van der Waals surface area contributed by atoms with Gasteiger partial charge >= 0.3 is 12.2 Å². The lowest BCUT2D eigenvalue weighted by atomic mass is 10.0. The summed E-state index contributed by atoms with van der Waals surface area (Å²) in [5.41, 5.74) is 5.66. The van der Waals surface area contributed by atoms with E-state index < -0.39 is 30.3 Å². The number of nitrogens with zero attached hydrogens (tertiary/aromatic N) is 4. The first kappa shape index (κ1) is 43.8. The van der Waals surface area contributed by atoms with E-state index in [2.05, 4.69) is 86.0 Å². The summed E-state index contributed by atoms with van der Waals surface area (Å²) < 4.78 is 15.4. The molecule has 4 heterocycles. The fourth-order valence-corrected chi connectivity index (χ4v) is 7.87. The normalized spacial score (nSPS) is 19.4. The van der Waals surface area contributed by atoms with Crippen molar-refractivity contribution in [2.75, 3.05) is 53.6 Å². The van der Waals surface area contributed by atoms with Gasteiger partial charge in [-0.3, -0.25) is 9.59 Å². The molecule has 4 amide bonds. The van der Waals surface area contributed by atoms with Crippen LogP contribution in [0, 0.1) is 0 Å². The summed E-state index contributed by atoms with van der Waals surface area (Å²) in [7, 11) is 2.59. The van der Waals surface area contributed by atoms with Crippen molar-refractivity contribution in [3.8, 4) is 33.6 Å². The molecule has 0 unspecified atom stereocenters. The highest BCUT2D eigenvalue weighted by Gasteiger charge is 2.36. The van der Waals surface area contributed by atoms with Gasteiger partial charge in [-0.1, -0.05) is 75.2 Å². The molecule has 5 N–H and O–H groups in total. The van der Waals surface area contributed by atoms with Crippen LogP contribution >= 0.6 is 0 Å². The van der Waals surface area contributed by atoms with E-state index in [4.69, 9.17) is 19.2 Å². The molecule has 0 aliphatic carbocycles. The lowest BCUT2D eigenvalue weighted by molar-refractivity contribution is -0.134. The Hall–Kier alpha value is -5.74. The molecule has 4 aromatic rings. The number of rotatable bonds is 13. The molecule has 2 aromatic heterocycles. The number of carbonyl (C=O) groups is 4. The van der Waals surface area contributed by atoms with Crippen molar-refractivity contribution in [3.63, 3.8) is 0 Å². The Morgan fingerprint density at radius 2 is 1.42 bits per heavy atom. The molecule has 16 heteroatoms. The lowest BCUT2D eigenvalue weighted by Crippen LogP contribution is -2.49. The van der Waals surface area contributed by atoms with E-state index >= 15 is 0 Å². The topological polar surface area (TPSA) is 196 Å². The zero-order chi connectivity index (χ0) is 42.4. The van der Waals surface area contributed by atoms with Gasteiger partial charge in [0.25, 0.3) is 0 Å². The fourth-order valence-electron chi connectivity index (χ4n) is 7.87. The van der Waals surface area contributed by atoms with Gasteiger partial charge in [-0.25, -0.2) is 19.6 Å². The van der Waals surface area contributed by atoms with Crippen molar-refractivity contribution in [2.45, 2.75) is 89.4 Å². The van der Waals surface area contributed by atoms with Gasteiger partial charge in [0.15, 0.2) is 0 Å². The van der Waals surface area contributed by atoms with E-state index in [0.29, 0.717) is 51.4 Å². The van der Waals surface area contributed by atoms with Gasteiger partial charge in [0.2, 0.25) is 11.8 Å². The van der Waals surface area contributed by atoms with Gasteiger partial charge in [0.05, 0.1) is 50.1 Å². The Balaban J connectivity index is 1.10. The quantitative estimate of drug-likeness (QED) is 0.105. The number of hydrogen-bond donors (Lipinski definition) is 5. The van der Waals surface area contributed by atoms with Crippen LogP contribution in [0.1, 0.15) is 88.9 Å². The third-order valence-electron chi connectivity index (χ3n) is 11.4. The Morgan fingerprint density at radius 3 is 2.05 bits per heavy atom. The first-order chi connectivity index (χ1) is 29.2. The molecule has 322 valence electrons. The van der Waals surface area contributed by atoms with Gasteiger partial charge in [0, 0.05) is 26.3 Å². The minimum Gasteiger partial charge on any atom is -0.453 e. The van der Waals surface area contributed by atoms with Crippen LogP contribution in [0.2, 0.25) is 0 Å². The molecule has 0 spiro atoms. The minimum atomic E-state index is -0.710. The largest absolute Gasteiger partial charge is 0.453 e. The number of aromatic amines is 2. The summed E-state index contributed by atoms with van der Waals surface area (Å²) >= 11 is 0. The molecule has 16 nitrogen and oxygen atoms in total. The summed E-state index contributed by atoms with van der Waals surface area (Å²) in [6.45, 7) is 8.26. The zero-order valence-corrected chi connectivity index (χ0v) is 35.1. The summed E-state index contributed by atoms with van der Waals surface area (Å²) in [6, 6.07) is 14.4. The van der Waals surface area contributed by atoms with E-state index in [9.17, 15) is 19.2 Å². The van der Waals surface area contributed by atoms with Gasteiger partial charge in [-0.05, 0) is 73.9 Å². The molecule has 2 aliphatic rings. The number of methoxy groups -OCH3 is 2. The highest BCUT2D eigenvalue weighted by molar-refractivity contribution is 5.87. The van der Waals surface area contributed by atoms with Gasteiger partial charge < -0.3 is 49.9 Å². The molecule has 2 saturated heterocycles. The smallest absolute Gasteiger partial charge is 0.407 e. The molecule has 0 bridgehead atoms. The zero-order valence-electron chi connectivity index (χ0n) is 35.1. The van der Waals surface area contributed by atoms with Gasteiger partial charge in [-0.2, -0.15) is 0 Å². The third kappa shape index (κ3) is 11.3. The average Bonchev–Trinajstić information content (AvgIpc) is 4.08.